The Morgan fingerprint density at radius 1 is 1.31 bits per heavy atom. The van der Waals surface area contributed by atoms with Gasteiger partial charge >= 0.3 is 0 Å². The van der Waals surface area contributed by atoms with Crippen LogP contribution in [-0.4, -0.2) is 10.9 Å². The van der Waals surface area contributed by atoms with E-state index < -0.39 is 6.10 Å². The minimum atomic E-state index is -0.668. The van der Waals surface area contributed by atoms with Gasteiger partial charge in [-0.15, -0.1) is 0 Å². The molecule has 0 spiro atoms. The number of aliphatic hydroxyl groups excluding tert-OH is 1. The molecule has 1 aromatic carbocycles. The summed E-state index contributed by atoms with van der Waals surface area (Å²) in [7, 11) is 0. The molecule has 1 aromatic rings. The van der Waals surface area contributed by atoms with E-state index in [0.717, 1.165) is 24.0 Å². The molecule has 2 rings (SSSR count). The molecule has 0 radical (unpaired) electrons. The van der Waals surface area contributed by atoms with Crippen LogP contribution in [0.5, 0.6) is 0 Å². The minimum Gasteiger partial charge on any atom is -0.388 e. The van der Waals surface area contributed by atoms with Crippen molar-refractivity contribution in [1.82, 2.24) is 0 Å². The number of hydrogen-bond donors (Lipinski definition) is 1. The predicted molar refractivity (Wildman–Crippen MR) is 62.9 cm³/mol. The molecule has 0 bridgehead atoms. The number of aliphatic hydroxyl groups is 1. The van der Waals surface area contributed by atoms with E-state index in [1.165, 1.54) is 0 Å². The average Bonchev–Trinajstić information content (AvgIpc) is 2.29. The zero-order chi connectivity index (χ0) is 11.5. The van der Waals surface area contributed by atoms with Crippen LogP contribution in [0.2, 0.25) is 0 Å². The molecule has 0 unspecified atom stereocenters. The Labute approximate surface area is 95.6 Å². The summed E-state index contributed by atoms with van der Waals surface area (Å²) in [6, 6.07) is 9.40. The topological polar surface area (TPSA) is 37.3 Å². The molecule has 1 aliphatic carbocycles. The van der Waals surface area contributed by atoms with Crippen LogP contribution in [0.1, 0.15) is 31.4 Å². The van der Waals surface area contributed by atoms with Gasteiger partial charge in [-0.2, -0.15) is 0 Å². The number of hydrogen-bond acceptors (Lipinski definition) is 2. The van der Waals surface area contributed by atoms with Crippen LogP contribution in [0, 0.1) is 5.92 Å². The molecule has 84 valence electrons. The zero-order valence-corrected chi connectivity index (χ0v) is 9.39. The number of rotatable bonds is 2. The molecule has 1 aliphatic rings. The lowest BCUT2D eigenvalue weighted by Crippen LogP contribution is -2.24. The van der Waals surface area contributed by atoms with Crippen LogP contribution in [0.15, 0.2) is 42.0 Å². The third-order valence-corrected chi connectivity index (χ3v) is 3.13. The fourth-order valence-electron chi connectivity index (χ4n) is 2.14. The lowest BCUT2D eigenvalue weighted by Gasteiger charge is -2.24. The third-order valence-electron chi connectivity index (χ3n) is 3.13. The fourth-order valence-corrected chi connectivity index (χ4v) is 2.14. The van der Waals surface area contributed by atoms with Crippen molar-refractivity contribution in [3.8, 4) is 0 Å². The summed E-state index contributed by atoms with van der Waals surface area (Å²) < 4.78 is 0. The number of ketones is 1. The van der Waals surface area contributed by atoms with E-state index in [2.05, 4.69) is 0 Å². The second-order valence-corrected chi connectivity index (χ2v) is 4.39. The standard InChI is InChI=1S/C14H16O2/c1-10-7-8-12(13(15)9-10)14(16)11-5-3-2-4-6-11/h2-6,9,12,14,16H,7-8H2,1H3/t12-,14-/m0/s1. The van der Waals surface area contributed by atoms with E-state index in [1.807, 2.05) is 37.3 Å². The van der Waals surface area contributed by atoms with E-state index in [1.54, 1.807) is 6.08 Å². The maximum Gasteiger partial charge on any atom is 0.161 e. The van der Waals surface area contributed by atoms with Crippen LogP contribution in [0.4, 0.5) is 0 Å². The van der Waals surface area contributed by atoms with Crippen molar-refractivity contribution in [2.45, 2.75) is 25.9 Å². The van der Waals surface area contributed by atoms with Crippen molar-refractivity contribution in [2.24, 2.45) is 5.92 Å². The molecule has 2 heteroatoms. The van der Waals surface area contributed by atoms with Crippen LogP contribution in [-0.2, 0) is 4.79 Å². The van der Waals surface area contributed by atoms with Gasteiger partial charge in [0.15, 0.2) is 5.78 Å². The number of benzene rings is 1. The summed E-state index contributed by atoms with van der Waals surface area (Å²) >= 11 is 0. The first-order valence-electron chi connectivity index (χ1n) is 5.62. The molecule has 0 saturated carbocycles. The van der Waals surface area contributed by atoms with E-state index >= 15 is 0 Å². The highest BCUT2D eigenvalue weighted by Crippen LogP contribution is 2.31. The molecular weight excluding hydrogens is 200 g/mol. The van der Waals surface area contributed by atoms with Crippen molar-refractivity contribution in [2.75, 3.05) is 0 Å². The minimum absolute atomic E-state index is 0.0557. The average molecular weight is 216 g/mol. The zero-order valence-electron chi connectivity index (χ0n) is 9.39. The van der Waals surface area contributed by atoms with Gasteiger partial charge < -0.3 is 5.11 Å². The summed E-state index contributed by atoms with van der Waals surface area (Å²) in [5, 5.41) is 10.2. The maximum atomic E-state index is 11.8. The van der Waals surface area contributed by atoms with Gasteiger partial charge in [-0.1, -0.05) is 35.9 Å². The lowest BCUT2D eigenvalue weighted by atomic mass is 9.83. The molecule has 0 amide bonds. The first-order chi connectivity index (χ1) is 7.68. The van der Waals surface area contributed by atoms with Gasteiger partial charge in [-0.3, -0.25) is 4.79 Å². The first-order valence-corrected chi connectivity index (χ1v) is 5.62. The van der Waals surface area contributed by atoms with Crippen LogP contribution in [0.3, 0.4) is 0 Å². The number of carbonyl (C=O) groups is 1. The second kappa shape index (κ2) is 4.62. The summed E-state index contributed by atoms with van der Waals surface area (Å²) in [4.78, 5) is 11.8. The lowest BCUT2D eigenvalue weighted by molar-refractivity contribution is -0.122. The Balaban J connectivity index is 2.18. The van der Waals surface area contributed by atoms with Crippen LogP contribution in [0.25, 0.3) is 0 Å². The van der Waals surface area contributed by atoms with Gasteiger partial charge in [0.25, 0.3) is 0 Å². The monoisotopic (exact) mass is 216 g/mol. The Morgan fingerprint density at radius 3 is 2.62 bits per heavy atom. The molecule has 0 fully saturated rings. The van der Waals surface area contributed by atoms with Gasteiger partial charge in [0, 0.05) is 0 Å². The molecule has 1 N–H and O–H groups in total. The van der Waals surface area contributed by atoms with Crippen molar-refractivity contribution in [1.29, 1.82) is 0 Å². The first kappa shape index (κ1) is 11.1. The summed E-state index contributed by atoms with van der Waals surface area (Å²) in [6.45, 7) is 1.96. The SMILES string of the molecule is CC1=CC(=O)[C@@H]([C@@H](O)c2ccccc2)CC1. The van der Waals surface area contributed by atoms with Gasteiger partial charge in [-0.25, -0.2) is 0 Å². The van der Waals surface area contributed by atoms with E-state index in [0.29, 0.717) is 0 Å². The Hall–Kier alpha value is -1.41. The van der Waals surface area contributed by atoms with Crippen molar-refractivity contribution >= 4 is 5.78 Å². The molecule has 2 atom stereocenters. The van der Waals surface area contributed by atoms with Crippen molar-refractivity contribution in [3.05, 3.63) is 47.5 Å². The van der Waals surface area contributed by atoms with Gasteiger partial charge in [0.1, 0.15) is 0 Å². The summed E-state index contributed by atoms with van der Waals surface area (Å²) in [5.74, 6) is -0.216. The Morgan fingerprint density at radius 2 is 2.00 bits per heavy atom. The van der Waals surface area contributed by atoms with E-state index in [-0.39, 0.29) is 11.7 Å². The van der Waals surface area contributed by atoms with E-state index in [9.17, 15) is 9.90 Å². The van der Waals surface area contributed by atoms with Crippen molar-refractivity contribution in [3.63, 3.8) is 0 Å². The Kier molecular flexibility index (Phi) is 3.20. The molecule has 0 aromatic heterocycles. The smallest absolute Gasteiger partial charge is 0.161 e. The molecular formula is C14H16O2. The molecule has 2 nitrogen and oxygen atoms in total. The van der Waals surface area contributed by atoms with Gasteiger partial charge in [0.2, 0.25) is 0 Å². The fraction of sp³-hybridized carbons (Fsp3) is 0.357. The van der Waals surface area contributed by atoms with Gasteiger partial charge in [-0.05, 0) is 31.4 Å². The van der Waals surface area contributed by atoms with Crippen LogP contribution < -0.4 is 0 Å². The number of carbonyl (C=O) groups excluding carboxylic acids is 1. The summed E-state index contributed by atoms with van der Waals surface area (Å²) in [5.41, 5.74) is 1.94. The highest BCUT2D eigenvalue weighted by molar-refractivity contribution is 5.93. The molecule has 0 heterocycles. The quantitative estimate of drug-likeness (QED) is 0.825. The second-order valence-electron chi connectivity index (χ2n) is 4.39. The van der Waals surface area contributed by atoms with Gasteiger partial charge in [0.05, 0.1) is 12.0 Å². The van der Waals surface area contributed by atoms with Crippen molar-refractivity contribution < 1.29 is 9.90 Å². The third kappa shape index (κ3) is 2.22. The largest absolute Gasteiger partial charge is 0.388 e. The normalized spacial score (nSPS) is 22.8. The predicted octanol–water partition coefficient (Wildman–Crippen LogP) is 2.65. The molecule has 0 aliphatic heterocycles. The maximum absolute atomic E-state index is 11.8. The highest BCUT2D eigenvalue weighted by Gasteiger charge is 2.28. The van der Waals surface area contributed by atoms with Crippen LogP contribution >= 0.6 is 0 Å². The Bertz CT molecular complexity index is 406. The summed E-state index contributed by atoms with van der Waals surface area (Å²) in [6.07, 6.45) is 2.65. The number of allylic oxidation sites excluding steroid dienone is 2. The highest BCUT2D eigenvalue weighted by atomic mass is 16.3. The molecule has 0 saturated heterocycles. The van der Waals surface area contributed by atoms with E-state index in [4.69, 9.17) is 0 Å². The molecule has 16 heavy (non-hydrogen) atoms.